The van der Waals surface area contributed by atoms with Crippen LogP contribution < -0.4 is 14.8 Å². The Morgan fingerprint density at radius 2 is 1.89 bits per heavy atom. The van der Waals surface area contributed by atoms with Gasteiger partial charge in [-0.15, -0.1) is 0 Å². The molecule has 0 bridgehead atoms. The summed E-state index contributed by atoms with van der Waals surface area (Å²) in [6, 6.07) is 9.11. The predicted molar refractivity (Wildman–Crippen MR) is 106 cm³/mol. The van der Waals surface area contributed by atoms with Crippen LogP contribution in [0.2, 0.25) is 0 Å². The fraction of sp³-hybridized carbons (Fsp3) is 0.450. The van der Waals surface area contributed by atoms with E-state index in [2.05, 4.69) is 22.2 Å². The fourth-order valence-corrected chi connectivity index (χ4v) is 2.45. The molecule has 1 N–H and O–H groups in total. The minimum Gasteiger partial charge on any atom is -0.497 e. The van der Waals surface area contributed by atoms with Crippen LogP contribution in [-0.2, 0) is 0 Å². The second-order valence-electron chi connectivity index (χ2n) is 6.25. The van der Waals surface area contributed by atoms with Gasteiger partial charge in [0, 0.05) is 19.3 Å². The molecule has 1 aromatic heterocycles. The summed E-state index contributed by atoms with van der Waals surface area (Å²) in [7, 11) is 3.42. The summed E-state index contributed by atoms with van der Waals surface area (Å²) in [5.41, 5.74) is 1.15. The summed E-state index contributed by atoms with van der Waals surface area (Å²) < 4.78 is 10.8. The lowest BCUT2D eigenvalue weighted by atomic mass is 10.2. The Bertz CT molecular complexity index is 735. The van der Waals surface area contributed by atoms with E-state index in [4.69, 9.17) is 9.47 Å². The van der Waals surface area contributed by atoms with Crippen molar-refractivity contribution in [1.29, 1.82) is 0 Å². The fourth-order valence-electron chi connectivity index (χ4n) is 2.45. The number of ether oxygens (including phenoxy) is 2. The van der Waals surface area contributed by atoms with E-state index in [0.717, 1.165) is 36.6 Å². The molecule has 27 heavy (non-hydrogen) atoms. The molecule has 0 saturated carbocycles. The van der Waals surface area contributed by atoms with Crippen molar-refractivity contribution in [2.45, 2.75) is 26.7 Å². The summed E-state index contributed by atoms with van der Waals surface area (Å²) >= 11 is 0. The zero-order valence-electron chi connectivity index (χ0n) is 16.5. The van der Waals surface area contributed by atoms with Crippen LogP contribution in [0.5, 0.6) is 11.5 Å². The molecule has 0 aliphatic rings. The molecule has 2 rings (SSSR count). The smallest absolute Gasteiger partial charge is 0.272 e. The molecule has 1 aromatic carbocycles. The lowest BCUT2D eigenvalue weighted by molar-refractivity contribution is 0.0787. The van der Waals surface area contributed by atoms with Crippen molar-refractivity contribution < 1.29 is 14.3 Å². The quantitative estimate of drug-likeness (QED) is 0.646. The van der Waals surface area contributed by atoms with E-state index in [1.807, 2.05) is 31.2 Å². The highest BCUT2D eigenvalue weighted by atomic mass is 16.5. The van der Waals surface area contributed by atoms with Gasteiger partial charge in [0.1, 0.15) is 23.8 Å². The second-order valence-corrected chi connectivity index (χ2v) is 6.25. The summed E-state index contributed by atoms with van der Waals surface area (Å²) in [6.45, 7) is 5.64. The minimum atomic E-state index is -0.0912. The molecule has 0 aliphatic heterocycles. The van der Waals surface area contributed by atoms with E-state index < -0.39 is 0 Å². The molecule has 146 valence electrons. The van der Waals surface area contributed by atoms with E-state index in [1.165, 1.54) is 0 Å². The first-order valence-electron chi connectivity index (χ1n) is 9.15. The van der Waals surface area contributed by atoms with Gasteiger partial charge in [0.25, 0.3) is 5.91 Å². The van der Waals surface area contributed by atoms with Gasteiger partial charge in [-0.25, -0.2) is 9.97 Å². The molecule has 1 amide bonds. The minimum absolute atomic E-state index is 0.0912. The van der Waals surface area contributed by atoms with Crippen LogP contribution in [0.25, 0.3) is 0 Å². The Hall–Kier alpha value is -2.83. The molecule has 1 heterocycles. The van der Waals surface area contributed by atoms with E-state index in [0.29, 0.717) is 24.8 Å². The van der Waals surface area contributed by atoms with Gasteiger partial charge in [-0.2, -0.15) is 0 Å². The molecule has 0 atom stereocenters. The van der Waals surface area contributed by atoms with Gasteiger partial charge in [0.05, 0.1) is 13.7 Å². The van der Waals surface area contributed by atoms with Crippen molar-refractivity contribution in [3.8, 4) is 11.5 Å². The van der Waals surface area contributed by atoms with Crippen LogP contribution in [0.4, 0.5) is 5.95 Å². The number of nitrogens with zero attached hydrogens (tertiary/aromatic N) is 3. The number of hydrogen-bond acceptors (Lipinski definition) is 6. The van der Waals surface area contributed by atoms with E-state index in [9.17, 15) is 4.79 Å². The van der Waals surface area contributed by atoms with Gasteiger partial charge >= 0.3 is 0 Å². The Kier molecular flexibility index (Phi) is 7.85. The largest absolute Gasteiger partial charge is 0.497 e. The average Bonchev–Trinajstić information content (AvgIpc) is 2.68. The summed E-state index contributed by atoms with van der Waals surface area (Å²) in [4.78, 5) is 22.9. The van der Waals surface area contributed by atoms with Crippen LogP contribution in [0.3, 0.4) is 0 Å². The highest BCUT2D eigenvalue weighted by Crippen LogP contribution is 2.16. The van der Waals surface area contributed by atoms with Crippen molar-refractivity contribution in [1.82, 2.24) is 14.9 Å². The zero-order valence-corrected chi connectivity index (χ0v) is 16.5. The Morgan fingerprint density at radius 3 is 2.56 bits per heavy atom. The number of benzene rings is 1. The molecule has 0 fully saturated rings. The van der Waals surface area contributed by atoms with E-state index >= 15 is 0 Å². The molecule has 7 nitrogen and oxygen atoms in total. The van der Waals surface area contributed by atoms with Gasteiger partial charge in [0.15, 0.2) is 0 Å². The van der Waals surface area contributed by atoms with Gasteiger partial charge in [-0.05, 0) is 43.7 Å². The topological polar surface area (TPSA) is 76.6 Å². The van der Waals surface area contributed by atoms with E-state index in [1.54, 1.807) is 25.1 Å². The highest BCUT2D eigenvalue weighted by Gasteiger charge is 2.14. The first kappa shape index (κ1) is 20.5. The number of methoxy groups -OCH3 is 1. The monoisotopic (exact) mass is 372 g/mol. The summed E-state index contributed by atoms with van der Waals surface area (Å²) in [5, 5.41) is 3.11. The molecule has 0 saturated heterocycles. The molecule has 0 unspecified atom stereocenters. The molecule has 0 aliphatic carbocycles. The maximum absolute atomic E-state index is 12.5. The van der Waals surface area contributed by atoms with Crippen LogP contribution >= 0.6 is 0 Å². The maximum atomic E-state index is 12.5. The van der Waals surface area contributed by atoms with Crippen LogP contribution in [-0.4, -0.2) is 54.6 Å². The predicted octanol–water partition coefficient (Wildman–Crippen LogP) is 3.16. The number of nitrogens with one attached hydrogen (secondary N) is 1. The third kappa shape index (κ3) is 6.44. The summed E-state index contributed by atoms with van der Waals surface area (Å²) in [6.07, 6.45) is 2.02. The number of aromatic nitrogens is 2. The molecule has 2 aromatic rings. The Labute approximate surface area is 160 Å². The normalized spacial score (nSPS) is 10.4. The lowest BCUT2D eigenvalue weighted by Crippen LogP contribution is -2.29. The standard InChI is InChI=1S/C20H28N4O3/c1-5-6-12-24(3)19(25)18-14-15(2)22-20(23-18)21-11-13-27-17-9-7-16(26-4)8-10-17/h7-10,14H,5-6,11-13H2,1-4H3,(H,21,22,23). The van der Waals surface area contributed by atoms with Crippen molar-refractivity contribution in [2.24, 2.45) is 0 Å². The number of rotatable bonds is 10. The number of carbonyl (C=O) groups excluding carboxylic acids is 1. The number of anilines is 1. The highest BCUT2D eigenvalue weighted by molar-refractivity contribution is 5.92. The number of unbranched alkanes of at least 4 members (excludes halogenated alkanes) is 1. The third-order valence-electron chi connectivity index (χ3n) is 3.98. The zero-order chi connectivity index (χ0) is 19.6. The SMILES string of the molecule is CCCCN(C)C(=O)c1cc(C)nc(NCCOc2ccc(OC)cc2)n1. The van der Waals surface area contributed by atoms with E-state index in [-0.39, 0.29) is 5.91 Å². The number of aryl methyl sites for hydroxylation is 1. The Morgan fingerprint density at radius 1 is 1.19 bits per heavy atom. The van der Waals surface area contributed by atoms with Crippen molar-refractivity contribution >= 4 is 11.9 Å². The van der Waals surface area contributed by atoms with Gasteiger partial charge in [0.2, 0.25) is 5.95 Å². The first-order valence-corrected chi connectivity index (χ1v) is 9.15. The second kappa shape index (κ2) is 10.4. The van der Waals surface area contributed by atoms with Crippen molar-refractivity contribution in [3.63, 3.8) is 0 Å². The lowest BCUT2D eigenvalue weighted by Gasteiger charge is -2.17. The maximum Gasteiger partial charge on any atom is 0.272 e. The Balaban J connectivity index is 1.88. The van der Waals surface area contributed by atoms with Crippen LogP contribution in [0.1, 0.15) is 35.9 Å². The van der Waals surface area contributed by atoms with Gasteiger partial charge in [-0.3, -0.25) is 4.79 Å². The van der Waals surface area contributed by atoms with Gasteiger partial charge in [-0.1, -0.05) is 13.3 Å². The molecule has 7 heteroatoms. The number of hydrogen-bond donors (Lipinski definition) is 1. The molecule has 0 radical (unpaired) electrons. The number of carbonyl (C=O) groups is 1. The molecular formula is C20H28N4O3. The van der Waals surface area contributed by atoms with Gasteiger partial charge < -0.3 is 19.7 Å². The molecule has 0 spiro atoms. The van der Waals surface area contributed by atoms with Crippen LogP contribution in [0, 0.1) is 6.92 Å². The third-order valence-corrected chi connectivity index (χ3v) is 3.98. The van der Waals surface area contributed by atoms with Crippen molar-refractivity contribution in [2.75, 3.05) is 39.2 Å². The summed E-state index contributed by atoms with van der Waals surface area (Å²) in [5.74, 6) is 1.89. The first-order chi connectivity index (χ1) is 13.0. The molecular weight excluding hydrogens is 344 g/mol. The van der Waals surface area contributed by atoms with Crippen LogP contribution in [0.15, 0.2) is 30.3 Å². The van der Waals surface area contributed by atoms with Crippen molar-refractivity contribution in [3.05, 3.63) is 41.7 Å². The number of amides is 1. The average molecular weight is 372 g/mol.